The van der Waals surface area contributed by atoms with Crippen LogP contribution in [0.3, 0.4) is 0 Å². The van der Waals surface area contributed by atoms with E-state index in [1.165, 1.54) is 0 Å². The van der Waals surface area contributed by atoms with Crippen molar-refractivity contribution >= 4 is 49.9 Å². The fourth-order valence-electron chi connectivity index (χ4n) is 2.24. The van der Waals surface area contributed by atoms with E-state index in [0.717, 1.165) is 26.6 Å². The van der Waals surface area contributed by atoms with E-state index >= 15 is 0 Å². The van der Waals surface area contributed by atoms with Crippen molar-refractivity contribution in [2.75, 3.05) is 23.8 Å². The molecule has 6 heteroatoms. The quantitative estimate of drug-likeness (QED) is 0.765. The first-order chi connectivity index (χ1) is 11.0. The third-order valence-corrected chi connectivity index (χ3v) is 5.09. The second kappa shape index (κ2) is 6.56. The number of thiazole rings is 1. The number of benzene rings is 2. The summed E-state index contributed by atoms with van der Waals surface area (Å²) >= 11 is 7.65. The van der Waals surface area contributed by atoms with E-state index in [1.807, 2.05) is 55.3 Å². The number of hydrogen-bond donors (Lipinski definition) is 1. The molecular weight excluding hydrogens is 330 g/mol. The smallest absolute Gasteiger partial charge is 0.243 e. The first-order valence-electron chi connectivity index (χ1n) is 7.16. The monoisotopic (exact) mass is 345 g/mol. The molecule has 0 spiro atoms. The number of aromatic nitrogens is 1. The molecule has 3 rings (SSSR count). The number of amides is 1. The Labute approximate surface area is 143 Å². The fraction of sp³-hybridized carbons (Fsp3) is 0.176. The molecule has 2 aromatic carbocycles. The number of rotatable bonds is 4. The van der Waals surface area contributed by atoms with Crippen LogP contribution in [0.2, 0.25) is 5.02 Å². The van der Waals surface area contributed by atoms with Gasteiger partial charge in [0.05, 0.1) is 16.8 Å². The van der Waals surface area contributed by atoms with Gasteiger partial charge in [0.25, 0.3) is 0 Å². The average molecular weight is 346 g/mol. The van der Waals surface area contributed by atoms with Gasteiger partial charge in [-0.15, -0.1) is 0 Å². The van der Waals surface area contributed by atoms with Crippen molar-refractivity contribution in [1.82, 2.24) is 4.98 Å². The highest BCUT2D eigenvalue weighted by atomic mass is 35.5. The zero-order chi connectivity index (χ0) is 16.4. The number of likely N-dealkylation sites (N-methyl/N-ethyl adjacent to an activating group) is 1. The van der Waals surface area contributed by atoms with Crippen molar-refractivity contribution in [2.24, 2.45) is 0 Å². The van der Waals surface area contributed by atoms with Gasteiger partial charge >= 0.3 is 0 Å². The maximum absolute atomic E-state index is 12.3. The lowest BCUT2D eigenvalue weighted by Crippen LogP contribution is -2.30. The number of hydrogen-bond acceptors (Lipinski definition) is 4. The second-order valence-electron chi connectivity index (χ2n) is 5.28. The van der Waals surface area contributed by atoms with Gasteiger partial charge in [0, 0.05) is 17.8 Å². The van der Waals surface area contributed by atoms with Crippen LogP contribution < -0.4 is 10.2 Å². The summed E-state index contributed by atoms with van der Waals surface area (Å²) in [6.07, 6.45) is 0. The van der Waals surface area contributed by atoms with Gasteiger partial charge < -0.3 is 10.2 Å². The standard InChI is InChI=1S/C17H16ClN3OS/c1-11-12(18)6-5-8-13(11)19-16(22)10-21(2)17-20-14-7-3-4-9-15(14)23-17/h3-9H,10H2,1-2H3,(H,19,22). The van der Waals surface area contributed by atoms with Gasteiger partial charge in [0.1, 0.15) is 0 Å². The minimum Gasteiger partial charge on any atom is -0.342 e. The molecule has 0 radical (unpaired) electrons. The molecule has 0 aliphatic heterocycles. The van der Waals surface area contributed by atoms with E-state index in [9.17, 15) is 4.79 Å². The number of fused-ring (bicyclic) bond motifs is 1. The van der Waals surface area contributed by atoms with Crippen LogP contribution in [0.1, 0.15) is 5.56 Å². The van der Waals surface area contributed by atoms with E-state index < -0.39 is 0 Å². The number of anilines is 2. The number of nitrogens with one attached hydrogen (secondary N) is 1. The van der Waals surface area contributed by atoms with Crippen LogP contribution >= 0.6 is 22.9 Å². The second-order valence-corrected chi connectivity index (χ2v) is 6.70. The molecule has 1 heterocycles. The summed E-state index contributed by atoms with van der Waals surface area (Å²) in [6, 6.07) is 13.4. The highest BCUT2D eigenvalue weighted by Gasteiger charge is 2.13. The third-order valence-electron chi connectivity index (χ3n) is 3.53. The van der Waals surface area contributed by atoms with Crippen LogP contribution in [0.25, 0.3) is 10.2 Å². The van der Waals surface area contributed by atoms with Gasteiger partial charge in [-0.2, -0.15) is 0 Å². The molecule has 1 aromatic heterocycles. The summed E-state index contributed by atoms with van der Waals surface area (Å²) in [5, 5.41) is 4.36. The molecule has 1 N–H and O–H groups in total. The lowest BCUT2D eigenvalue weighted by molar-refractivity contribution is -0.114. The Bertz CT molecular complexity index is 829. The zero-order valence-electron chi connectivity index (χ0n) is 12.8. The van der Waals surface area contributed by atoms with Crippen molar-refractivity contribution in [3.8, 4) is 0 Å². The van der Waals surface area contributed by atoms with E-state index in [2.05, 4.69) is 10.3 Å². The maximum atomic E-state index is 12.3. The number of para-hydroxylation sites is 1. The molecular formula is C17H16ClN3OS. The Morgan fingerprint density at radius 2 is 2.04 bits per heavy atom. The molecule has 0 bridgehead atoms. The van der Waals surface area contributed by atoms with Crippen LogP contribution in [-0.2, 0) is 4.79 Å². The predicted molar refractivity (Wildman–Crippen MR) is 97.7 cm³/mol. The van der Waals surface area contributed by atoms with Crippen LogP contribution in [-0.4, -0.2) is 24.5 Å². The minimum atomic E-state index is -0.0999. The van der Waals surface area contributed by atoms with Crippen LogP contribution in [0, 0.1) is 6.92 Å². The molecule has 4 nitrogen and oxygen atoms in total. The van der Waals surface area contributed by atoms with E-state index in [4.69, 9.17) is 11.6 Å². The summed E-state index contributed by atoms with van der Waals surface area (Å²) in [6.45, 7) is 2.11. The number of carbonyl (C=O) groups excluding carboxylic acids is 1. The molecule has 1 amide bonds. The van der Waals surface area contributed by atoms with Crippen LogP contribution in [0.4, 0.5) is 10.8 Å². The summed E-state index contributed by atoms with van der Waals surface area (Å²) in [5.74, 6) is -0.0999. The Hall–Kier alpha value is -2.11. The van der Waals surface area contributed by atoms with Crippen molar-refractivity contribution in [2.45, 2.75) is 6.92 Å². The number of carbonyl (C=O) groups is 1. The molecule has 0 aliphatic carbocycles. The van der Waals surface area contributed by atoms with Crippen LogP contribution in [0.15, 0.2) is 42.5 Å². The normalized spacial score (nSPS) is 10.7. The molecule has 3 aromatic rings. The first-order valence-corrected chi connectivity index (χ1v) is 8.35. The van der Waals surface area contributed by atoms with Gasteiger partial charge in [0.15, 0.2) is 5.13 Å². The third kappa shape index (κ3) is 3.46. The number of nitrogens with zero attached hydrogens (tertiary/aromatic N) is 2. The Morgan fingerprint density at radius 1 is 1.26 bits per heavy atom. The van der Waals surface area contributed by atoms with Crippen molar-refractivity contribution in [3.63, 3.8) is 0 Å². The lowest BCUT2D eigenvalue weighted by atomic mass is 10.2. The Balaban J connectivity index is 1.70. The lowest BCUT2D eigenvalue weighted by Gasteiger charge is -2.16. The molecule has 0 aliphatic rings. The van der Waals surface area contributed by atoms with Crippen molar-refractivity contribution in [3.05, 3.63) is 53.1 Å². The number of halogens is 1. The molecule has 0 saturated heterocycles. The average Bonchev–Trinajstić information content (AvgIpc) is 2.96. The van der Waals surface area contributed by atoms with Gasteiger partial charge in [-0.1, -0.05) is 41.1 Å². The fourth-order valence-corrected chi connectivity index (χ4v) is 3.34. The largest absolute Gasteiger partial charge is 0.342 e. The Kier molecular flexibility index (Phi) is 4.50. The molecule has 0 fully saturated rings. The summed E-state index contributed by atoms with van der Waals surface area (Å²) in [4.78, 5) is 18.7. The maximum Gasteiger partial charge on any atom is 0.243 e. The summed E-state index contributed by atoms with van der Waals surface area (Å²) in [7, 11) is 1.86. The molecule has 23 heavy (non-hydrogen) atoms. The van der Waals surface area contributed by atoms with Gasteiger partial charge in [-0.25, -0.2) is 4.98 Å². The SMILES string of the molecule is Cc1c(Cl)cccc1NC(=O)CN(C)c1nc2ccccc2s1. The Morgan fingerprint density at radius 3 is 2.83 bits per heavy atom. The van der Waals surface area contributed by atoms with Gasteiger partial charge in [-0.05, 0) is 36.8 Å². The van der Waals surface area contributed by atoms with Crippen molar-refractivity contribution in [1.29, 1.82) is 0 Å². The molecule has 0 atom stereocenters. The highest BCUT2D eigenvalue weighted by molar-refractivity contribution is 7.22. The van der Waals surface area contributed by atoms with Gasteiger partial charge in [0.2, 0.25) is 5.91 Å². The topological polar surface area (TPSA) is 45.2 Å². The van der Waals surface area contributed by atoms with Crippen LogP contribution in [0.5, 0.6) is 0 Å². The summed E-state index contributed by atoms with van der Waals surface area (Å²) < 4.78 is 1.11. The zero-order valence-corrected chi connectivity index (χ0v) is 14.4. The highest BCUT2D eigenvalue weighted by Crippen LogP contribution is 2.28. The van der Waals surface area contributed by atoms with E-state index in [1.54, 1.807) is 17.4 Å². The minimum absolute atomic E-state index is 0.0999. The van der Waals surface area contributed by atoms with E-state index in [-0.39, 0.29) is 12.5 Å². The molecule has 0 saturated carbocycles. The molecule has 118 valence electrons. The van der Waals surface area contributed by atoms with E-state index in [0.29, 0.717) is 5.02 Å². The van der Waals surface area contributed by atoms with Crippen molar-refractivity contribution < 1.29 is 4.79 Å². The molecule has 0 unspecified atom stereocenters. The predicted octanol–water partition coefficient (Wildman–Crippen LogP) is 4.33. The first kappa shape index (κ1) is 15.8. The summed E-state index contributed by atoms with van der Waals surface area (Å²) in [5.41, 5.74) is 2.55. The van der Waals surface area contributed by atoms with Gasteiger partial charge in [-0.3, -0.25) is 4.79 Å².